The number of hydrogen-bond donors (Lipinski definition) is 2. The highest BCUT2D eigenvalue weighted by Gasteiger charge is 2.30. The van der Waals surface area contributed by atoms with E-state index in [2.05, 4.69) is 65.6 Å². The van der Waals surface area contributed by atoms with E-state index in [1.165, 1.54) is 11.1 Å². The number of hydrogen-bond acceptors (Lipinski definition) is 4. The van der Waals surface area contributed by atoms with Crippen molar-refractivity contribution < 1.29 is 0 Å². The predicted octanol–water partition coefficient (Wildman–Crippen LogP) is 1.76. The number of nitrogens with zero attached hydrogens (tertiary/aromatic N) is 2. The van der Waals surface area contributed by atoms with Crippen molar-refractivity contribution in [3.05, 3.63) is 35.4 Å². The summed E-state index contributed by atoms with van der Waals surface area (Å²) in [6.07, 6.45) is 1.15. The fourth-order valence-corrected chi connectivity index (χ4v) is 3.08. The maximum atomic E-state index is 4.48. The van der Waals surface area contributed by atoms with E-state index in [-0.39, 0.29) is 5.54 Å². The van der Waals surface area contributed by atoms with Crippen molar-refractivity contribution in [3.8, 4) is 0 Å². The number of nitrogens with one attached hydrogen (secondary N) is 2. The first kappa shape index (κ1) is 14.4. The van der Waals surface area contributed by atoms with E-state index in [9.17, 15) is 0 Å². The van der Waals surface area contributed by atoms with Gasteiger partial charge in [-0.3, -0.25) is 9.89 Å². The van der Waals surface area contributed by atoms with E-state index in [1.54, 1.807) is 0 Å². The molecule has 2 aliphatic heterocycles. The van der Waals surface area contributed by atoms with Gasteiger partial charge in [-0.15, -0.1) is 0 Å². The number of aliphatic imine (C=N–C) groups is 1. The summed E-state index contributed by atoms with van der Waals surface area (Å²) in [5, 5.41) is 6.84. The molecule has 21 heavy (non-hydrogen) atoms. The lowest BCUT2D eigenvalue weighted by Gasteiger charge is -2.41. The van der Waals surface area contributed by atoms with Crippen LogP contribution >= 0.6 is 0 Å². The van der Waals surface area contributed by atoms with Crippen molar-refractivity contribution in [1.82, 2.24) is 15.5 Å². The quantitative estimate of drug-likeness (QED) is 0.889. The van der Waals surface area contributed by atoms with Crippen molar-refractivity contribution in [3.63, 3.8) is 0 Å². The Hall–Kier alpha value is -1.55. The minimum atomic E-state index is 0.115. The average Bonchev–Trinajstić information content (AvgIpc) is 2.90. The molecule has 1 aromatic rings. The lowest BCUT2D eigenvalue weighted by atomic mass is 9.94. The lowest BCUT2D eigenvalue weighted by Crippen LogP contribution is -2.54. The third-order valence-electron chi connectivity index (χ3n) is 4.58. The van der Waals surface area contributed by atoms with Crippen LogP contribution < -0.4 is 10.6 Å². The van der Waals surface area contributed by atoms with Crippen LogP contribution in [0.5, 0.6) is 0 Å². The van der Waals surface area contributed by atoms with Crippen LogP contribution in [0, 0.1) is 0 Å². The van der Waals surface area contributed by atoms with Gasteiger partial charge in [-0.1, -0.05) is 24.3 Å². The van der Waals surface area contributed by atoms with E-state index >= 15 is 0 Å². The summed E-state index contributed by atoms with van der Waals surface area (Å²) in [6.45, 7) is 10.7. The van der Waals surface area contributed by atoms with Crippen molar-refractivity contribution in [2.75, 3.05) is 19.6 Å². The first-order valence-electron chi connectivity index (χ1n) is 7.91. The Morgan fingerprint density at radius 1 is 1.33 bits per heavy atom. The lowest BCUT2D eigenvalue weighted by molar-refractivity contribution is 0.107. The Morgan fingerprint density at radius 3 is 2.81 bits per heavy atom. The minimum absolute atomic E-state index is 0.115. The molecule has 0 saturated heterocycles. The second kappa shape index (κ2) is 5.68. The summed E-state index contributed by atoms with van der Waals surface area (Å²) in [7, 11) is 0. The summed E-state index contributed by atoms with van der Waals surface area (Å²) in [6, 6.07) is 9.27. The second-order valence-electron chi connectivity index (χ2n) is 6.84. The van der Waals surface area contributed by atoms with Crippen molar-refractivity contribution in [2.45, 2.75) is 45.3 Å². The zero-order chi connectivity index (χ0) is 14.9. The third-order valence-corrected chi connectivity index (χ3v) is 4.58. The molecule has 0 spiro atoms. The molecule has 114 valence electrons. The monoisotopic (exact) mass is 286 g/mol. The molecule has 0 fully saturated rings. The van der Waals surface area contributed by atoms with E-state index < -0.39 is 0 Å². The first-order valence-corrected chi connectivity index (χ1v) is 7.91. The summed E-state index contributed by atoms with van der Waals surface area (Å²) < 4.78 is 0. The highest BCUT2D eigenvalue weighted by molar-refractivity contribution is 5.81. The molecule has 1 aromatic carbocycles. The Labute approximate surface area is 127 Å². The second-order valence-corrected chi connectivity index (χ2v) is 6.84. The van der Waals surface area contributed by atoms with Crippen LogP contribution in [0.2, 0.25) is 0 Å². The molecule has 4 nitrogen and oxygen atoms in total. The van der Waals surface area contributed by atoms with E-state index in [1.807, 2.05) is 0 Å². The van der Waals surface area contributed by atoms with Crippen LogP contribution in [0.4, 0.5) is 0 Å². The first-order chi connectivity index (χ1) is 10.0. The largest absolute Gasteiger partial charge is 0.355 e. The molecule has 0 bridgehead atoms. The van der Waals surface area contributed by atoms with Crippen LogP contribution in [-0.2, 0) is 13.0 Å². The molecule has 0 aliphatic carbocycles. The predicted molar refractivity (Wildman–Crippen MR) is 87.5 cm³/mol. The molecule has 2 aliphatic rings. The standard InChI is InChI=1S/C17H26N4/c1-13-10-18-16(20-13)19-12-17(2,3)21-9-8-14-6-4-5-7-15(14)11-21/h4-7,13H,8-12H2,1-3H3,(H2,18,19,20). The minimum Gasteiger partial charge on any atom is -0.355 e. The maximum absolute atomic E-state index is 4.48. The van der Waals surface area contributed by atoms with Crippen LogP contribution in [0.1, 0.15) is 31.9 Å². The Balaban J connectivity index is 1.60. The molecule has 2 heterocycles. The summed E-state index contributed by atoms with van der Waals surface area (Å²) in [5.41, 5.74) is 3.10. The van der Waals surface area contributed by atoms with Crippen LogP contribution in [0.3, 0.4) is 0 Å². The van der Waals surface area contributed by atoms with Crippen molar-refractivity contribution in [2.24, 2.45) is 4.99 Å². The molecule has 0 radical (unpaired) electrons. The fourth-order valence-electron chi connectivity index (χ4n) is 3.08. The Kier molecular flexibility index (Phi) is 3.89. The molecule has 0 amide bonds. The number of guanidine groups is 1. The molecular weight excluding hydrogens is 260 g/mol. The van der Waals surface area contributed by atoms with Crippen molar-refractivity contribution >= 4 is 5.96 Å². The third kappa shape index (κ3) is 3.21. The SMILES string of the molecule is CC1CN=C(NCC(C)(C)N2CCc3ccccc3C2)N1. The normalized spacial score (nSPS) is 22.4. The number of rotatable bonds is 3. The van der Waals surface area contributed by atoms with Crippen LogP contribution in [0.15, 0.2) is 29.3 Å². The Morgan fingerprint density at radius 2 is 2.10 bits per heavy atom. The van der Waals surface area contributed by atoms with Gasteiger partial charge in [0.1, 0.15) is 0 Å². The van der Waals surface area contributed by atoms with Gasteiger partial charge in [0.25, 0.3) is 0 Å². The van der Waals surface area contributed by atoms with E-state index in [0.29, 0.717) is 6.04 Å². The molecule has 1 atom stereocenters. The van der Waals surface area contributed by atoms with E-state index in [4.69, 9.17) is 0 Å². The zero-order valence-electron chi connectivity index (χ0n) is 13.3. The number of benzene rings is 1. The topological polar surface area (TPSA) is 39.7 Å². The molecule has 0 aromatic heterocycles. The van der Waals surface area contributed by atoms with Crippen LogP contribution in [0.25, 0.3) is 0 Å². The van der Waals surface area contributed by atoms with Gasteiger partial charge >= 0.3 is 0 Å². The van der Waals surface area contributed by atoms with E-state index in [0.717, 1.165) is 38.6 Å². The highest BCUT2D eigenvalue weighted by atomic mass is 15.3. The maximum Gasteiger partial charge on any atom is 0.191 e. The Bertz CT molecular complexity index is 535. The van der Waals surface area contributed by atoms with Crippen LogP contribution in [-0.4, -0.2) is 42.1 Å². The smallest absolute Gasteiger partial charge is 0.191 e. The van der Waals surface area contributed by atoms with Gasteiger partial charge in [-0.25, -0.2) is 0 Å². The zero-order valence-corrected chi connectivity index (χ0v) is 13.3. The summed E-state index contributed by atoms with van der Waals surface area (Å²) in [4.78, 5) is 7.05. The van der Waals surface area contributed by atoms with Gasteiger partial charge in [0.05, 0.1) is 6.54 Å². The molecule has 0 saturated carbocycles. The molecular formula is C17H26N4. The summed E-state index contributed by atoms with van der Waals surface area (Å²) >= 11 is 0. The number of fused-ring (bicyclic) bond motifs is 1. The van der Waals surface area contributed by atoms with Gasteiger partial charge in [-0.05, 0) is 38.3 Å². The molecule has 4 heteroatoms. The van der Waals surface area contributed by atoms with Crippen molar-refractivity contribution in [1.29, 1.82) is 0 Å². The molecule has 2 N–H and O–H groups in total. The molecule has 3 rings (SSSR count). The fraction of sp³-hybridized carbons (Fsp3) is 0.588. The average molecular weight is 286 g/mol. The van der Waals surface area contributed by atoms with Gasteiger partial charge < -0.3 is 10.6 Å². The highest BCUT2D eigenvalue weighted by Crippen LogP contribution is 2.24. The van der Waals surface area contributed by atoms with Gasteiger partial charge in [0, 0.05) is 31.2 Å². The van der Waals surface area contributed by atoms with Gasteiger partial charge in [0.15, 0.2) is 5.96 Å². The molecule has 1 unspecified atom stereocenters. The van der Waals surface area contributed by atoms with Gasteiger partial charge in [0.2, 0.25) is 0 Å². The summed E-state index contributed by atoms with van der Waals surface area (Å²) in [5.74, 6) is 0.952. The van der Waals surface area contributed by atoms with Gasteiger partial charge in [-0.2, -0.15) is 0 Å².